The first-order valence-electron chi connectivity index (χ1n) is 8.86. The number of hydrogen-bond donors (Lipinski definition) is 4. The van der Waals surface area contributed by atoms with Crippen molar-refractivity contribution in [2.24, 2.45) is 0 Å². The van der Waals surface area contributed by atoms with Crippen LogP contribution in [-0.4, -0.2) is 22.8 Å². The number of amides is 3. The zero-order chi connectivity index (χ0) is 21.5. The lowest BCUT2D eigenvalue weighted by molar-refractivity contribution is 0.0927. The first-order chi connectivity index (χ1) is 14.4. The van der Waals surface area contributed by atoms with Gasteiger partial charge in [0.15, 0.2) is 10.9 Å². The fourth-order valence-electron chi connectivity index (χ4n) is 2.52. The van der Waals surface area contributed by atoms with Crippen molar-refractivity contribution in [1.82, 2.24) is 16.2 Å². The number of thiocarbonyl (C=S) groups is 1. The quantitative estimate of drug-likeness (QED) is 0.380. The van der Waals surface area contributed by atoms with Gasteiger partial charge in [-0.3, -0.25) is 30.6 Å². The minimum atomic E-state index is -0.541. The molecule has 0 saturated carbocycles. The summed E-state index contributed by atoms with van der Waals surface area (Å²) in [4.78, 5) is 36.4. The smallest absolute Gasteiger partial charge is 0.293 e. The predicted octanol–water partition coefficient (Wildman–Crippen LogP) is 2.79. The number of benzene rings is 2. The molecule has 2 aromatic carbocycles. The zero-order valence-electron chi connectivity index (χ0n) is 15.9. The molecule has 0 saturated heterocycles. The number of carbonyl (C=O) groups is 3. The van der Waals surface area contributed by atoms with Crippen molar-refractivity contribution in [2.45, 2.75) is 6.92 Å². The van der Waals surface area contributed by atoms with Gasteiger partial charge in [0, 0.05) is 16.8 Å². The monoisotopic (exact) mass is 422 g/mol. The van der Waals surface area contributed by atoms with E-state index in [0.29, 0.717) is 16.8 Å². The standard InChI is InChI=1S/C21H18N4O4S/c1-13-5-2-3-6-16(13)19(27)22-15-10-8-14(9-11-15)18(26)24-25-21(30)23-20(28)17-7-4-12-29-17/h2-12H,1H3,(H,22,27)(H,24,26)(H2,23,25,28,30). The van der Waals surface area contributed by atoms with Crippen LogP contribution < -0.4 is 21.5 Å². The third kappa shape index (κ3) is 5.30. The molecule has 3 rings (SSSR count). The maximum absolute atomic E-state index is 12.3. The van der Waals surface area contributed by atoms with Gasteiger partial charge in [0.25, 0.3) is 17.7 Å². The Balaban J connectivity index is 1.51. The van der Waals surface area contributed by atoms with Crippen molar-refractivity contribution < 1.29 is 18.8 Å². The highest BCUT2D eigenvalue weighted by molar-refractivity contribution is 7.80. The molecule has 0 fully saturated rings. The van der Waals surface area contributed by atoms with Gasteiger partial charge in [0.2, 0.25) is 0 Å². The molecule has 0 atom stereocenters. The van der Waals surface area contributed by atoms with Gasteiger partial charge in [-0.25, -0.2) is 0 Å². The first-order valence-corrected chi connectivity index (χ1v) is 9.27. The Morgan fingerprint density at radius 2 is 1.57 bits per heavy atom. The van der Waals surface area contributed by atoms with Crippen LogP contribution in [0.1, 0.15) is 36.8 Å². The van der Waals surface area contributed by atoms with Crippen LogP contribution in [0.25, 0.3) is 0 Å². The van der Waals surface area contributed by atoms with E-state index in [1.165, 1.54) is 12.3 Å². The van der Waals surface area contributed by atoms with Crippen molar-refractivity contribution in [3.05, 3.63) is 89.4 Å². The molecule has 0 radical (unpaired) electrons. The van der Waals surface area contributed by atoms with Crippen molar-refractivity contribution in [3.63, 3.8) is 0 Å². The molecule has 30 heavy (non-hydrogen) atoms. The number of carbonyl (C=O) groups excluding carboxylic acids is 3. The van der Waals surface area contributed by atoms with Crippen molar-refractivity contribution >= 4 is 40.7 Å². The van der Waals surface area contributed by atoms with E-state index >= 15 is 0 Å². The van der Waals surface area contributed by atoms with Crippen LogP contribution >= 0.6 is 12.2 Å². The number of nitrogens with one attached hydrogen (secondary N) is 4. The van der Waals surface area contributed by atoms with E-state index in [0.717, 1.165) is 5.56 Å². The second-order valence-corrected chi connectivity index (χ2v) is 6.59. The fraction of sp³-hybridized carbons (Fsp3) is 0.0476. The van der Waals surface area contributed by atoms with E-state index in [4.69, 9.17) is 16.6 Å². The van der Waals surface area contributed by atoms with E-state index in [1.807, 2.05) is 19.1 Å². The van der Waals surface area contributed by atoms with Gasteiger partial charge in [-0.15, -0.1) is 0 Å². The number of aryl methyl sites for hydroxylation is 1. The van der Waals surface area contributed by atoms with Crippen LogP contribution in [0.5, 0.6) is 0 Å². The van der Waals surface area contributed by atoms with Gasteiger partial charge < -0.3 is 9.73 Å². The molecule has 9 heteroatoms. The van der Waals surface area contributed by atoms with Crippen LogP contribution in [0.15, 0.2) is 71.3 Å². The van der Waals surface area contributed by atoms with Gasteiger partial charge in [-0.05, 0) is 67.2 Å². The van der Waals surface area contributed by atoms with E-state index in [2.05, 4.69) is 21.5 Å². The van der Waals surface area contributed by atoms with E-state index < -0.39 is 11.8 Å². The maximum Gasteiger partial charge on any atom is 0.293 e. The summed E-state index contributed by atoms with van der Waals surface area (Å²) in [6.07, 6.45) is 1.36. The average molecular weight is 422 g/mol. The third-order valence-electron chi connectivity index (χ3n) is 4.06. The highest BCUT2D eigenvalue weighted by Gasteiger charge is 2.12. The molecule has 3 amide bonds. The number of rotatable bonds is 4. The summed E-state index contributed by atoms with van der Waals surface area (Å²) in [5.74, 6) is -1.15. The van der Waals surface area contributed by atoms with E-state index in [-0.39, 0.29) is 16.8 Å². The van der Waals surface area contributed by atoms with E-state index in [9.17, 15) is 14.4 Å². The molecule has 0 aliphatic heterocycles. The molecule has 1 heterocycles. The van der Waals surface area contributed by atoms with Crippen LogP contribution in [0, 0.1) is 6.92 Å². The highest BCUT2D eigenvalue weighted by atomic mass is 32.1. The van der Waals surface area contributed by atoms with Crippen molar-refractivity contribution in [2.75, 3.05) is 5.32 Å². The molecular weight excluding hydrogens is 404 g/mol. The van der Waals surface area contributed by atoms with Crippen LogP contribution in [-0.2, 0) is 0 Å². The maximum atomic E-state index is 12.3. The number of hydrazine groups is 1. The average Bonchev–Trinajstić information content (AvgIpc) is 3.28. The Kier molecular flexibility index (Phi) is 6.56. The Labute approximate surface area is 177 Å². The summed E-state index contributed by atoms with van der Waals surface area (Å²) >= 11 is 4.95. The van der Waals surface area contributed by atoms with Gasteiger partial charge in [0.05, 0.1) is 6.26 Å². The summed E-state index contributed by atoms with van der Waals surface area (Å²) in [6, 6.07) is 16.6. The van der Waals surface area contributed by atoms with Crippen LogP contribution in [0.4, 0.5) is 5.69 Å². The Morgan fingerprint density at radius 1 is 0.833 bits per heavy atom. The Hall–Kier alpha value is -3.98. The third-order valence-corrected chi connectivity index (χ3v) is 4.26. The lowest BCUT2D eigenvalue weighted by Gasteiger charge is -2.11. The summed E-state index contributed by atoms with van der Waals surface area (Å²) in [5.41, 5.74) is 7.14. The molecular formula is C21H18N4O4S. The molecule has 1 aromatic heterocycles. The Morgan fingerprint density at radius 3 is 2.23 bits per heavy atom. The minimum absolute atomic E-state index is 0.0909. The van der Waals surface area contributed by atoms with Crippen molar-refractivity contribution in [3.8, 4) is 0 Å². The van der Waals surface area contributed by atoms with Gasteiger partial charge in [0.1, 0.15) is 0 Å². The normalized spacial score (nSPS) is 10.0. The number of anilines is 1. The van der Waals surface area contributed by atoms with Gasteiger partial charge in [-0.2, -0.15) is 0 Å². The second-order valence-electron chi connectivity index (χ2n) is 6.19. The fourth-order valence-corrected chi connectivity index (χ4v) is 2.66. The molecule has 0 unspecified atom stereocenters. The van der Waals surface area contributed by atoms with Gasteiger partial charge >= 0.3 is 0 Å². The topological polar surface area (TPSA) is 112 Å². The summed E-state index contributed by atoms with van der Waals surface area (Å²) < 4.78 is 4.95. The highest BCUT2D eigenvalue weighted by Crippen LogP contribution is 2.13. The molecule has 3 aromatic rings. The SMILES string of the molecule is Cc1ccccc1C(=O)Nc1ccc(C(=O)NNC(=S)NC(=O)c2ccco2)cc1. The second kappa shape index (κ2) is 9.48. The molecule has 8 nitrogen and oxygen atoms in total. The molecule has 4 N–H and O–H groups in total. The van der Waals surface area contributed by atoms with Gasteiger partial charge in [-0.1, -0.05) is 18.2 Å². The summed E-state index contributed by atoms with van der Waals surface area (Å²) in [5, 5.41) is 5.06. The molecule has 0 aliphatic carbocycles. The van der Waals surface area contributed by atoms with E-state index in [1.54, 1.807) is 42.5 Å². The largest absolute Gasteiger partial charge is 0.459 e. The minimum Gasteiger partial charge on any atom is -0.459 e. The van der Waals surface area contributed by atoms with Crippen molar-refractivity contribution in [1.29, 1.82) is 0 Å². The molecule has 0 aliphatic rings. The molecule has 0 bridgehead atoms. The number of hydrogen-bond acceptors (Lipinski definition) is 5. The number of furan rings is 1. The molecule has 152 valence electrons. The summed E-state index contributed by atoms with van der Waals surface area (Å²) in [7, 11) is 0. The lowest BCUT2D eigenvalue weighted by atomic mass is 10.1. The zero-order valence-corrected chi connectivity index (χ0v) is 16.7. The first kappa shape index (κ1) is 20.7. The lowest BCUT2D eigenvalue weighted by Crippen LogP contribution is -2.48. The van der Waals surface area contributed by atoms with Crippen LogP contribution in [0.2, 0.25) is 0 Å². The Bertz CT molecular complexity index is 1080. The summed E-state index contributed by atoms with van der Waals surface area (Å²) in [6.45, 7) is 1.86. The molecule has 0 spiro atoms. The van der Waals surface area contributed by atoms with Crippen LogP contribution in [0.3, 0.4) is 0 Å². The predicted molar refractivity (Wildman–Crippen MR) is 115 cm³/mol.